The summed E-state index contributed by atoms with van der Waals surface area (Å²) >= 11 is 0. The minimum atomic E-state index is 0.180. The Morgan fingerprint density at radius 2 is 2.15 bits per heavy atom. The van der Waals surface area contributed by atoms with E-state index in [0.29, 0.717) is 12.0 Å². The third kappa shape index (κ3) is 2.93. The lowest BCUT2D eigenvalue weighted by atomic mass is 9.65. The largest absolute Gasteiger partial charge is 0.317 e. The van der Waals surface area contributed by atoms with Gasteiger partial charge in [0.2, 0.25) is 0 Å². The second-order valence-corrected chi connectivity index (χ2v) is 7.08. The molecule has 1 saturated carbocycles. The number of nitrogens with one attached hydrogen (secondary N) is 1. The van der Waals surface area contributed by atoms with Crippen LogP contribution in [0.4, 0.5) is 0 Å². The van der Waals surface area contributed by atoms with Gasteiger partial charge in [-0.25, -0.2) is 0 Å². The van der Waals surface area contributed by atoms with E-state index in [1.165, 1.54) is 25.0 Å². The van der Waals surface area contributed by atoms with Crippen molar-refractivity contribution in [1.29, 1.82) is 0 Å². The summed E-state index contributed by atoms with van der Waals surface area (Å²) in [5.41, 5.74) is 1.58. The highest BCUT2D eigenvalue weighted by atomic mass is 15.3. The summed E-state index contributed by atoms with van der Waals surface area (Å²) in [6, 6.07) is 2.85. The molecule has 1 N–H and O–H groups in total. The van der Waals surface area contributed by atoms with Crippen molar-refractivity contribution < 1.29 is 0 Å². The fourth-order valence-corrected chi connectivity index (χ4v) is 4.02. The van der Waals surface area contributed by atoms with E-state index in [0.717, 1.165) is 18.9 Å². The maximum absolute atomic E-state index is 4.53. The zero-order valence-corrected chi connectivity index (χ0v) is 13.8. The van der Waals surface area contributed by atoms with Crippen molar-refractivity contribution in [1.82, 2.24) is 15.1 Å². The quantitative estimate of drug-likeness (QED) is 0.891. The zero-order valence-electron chi connectivity index (χ0n) is 13.8. The summed E-state index contributed by atoms with van der Waals surface area (Å²) < 4.78 is 2.21. The Bertz CT molecular complexity index is 422. The summed E-state index contributed by atoms with van der Waals surface area (Å²) in [6.45, 7) is 10.4. The van der Waals surface area contributed by atoms with Gasteiger partial charge in [0, 0.05) is 29.9 Å². The third-order valence-electron chi connectivity index (χ3n) is 5.22. The van der Waals surface area contributed by atoms with Crippen LogP contribution >= 0.6 is 0 Å². The molecule has 0 saturated heterocycles. The number of hydrogen-bond donors (Lipinski definition) is 1. The molecule has 20 heavy (non-hydrogen) atoms. The molecule has 0 spiro atoms. The minimum Gasteiger partial charge on any atom is -0.317 e. The van der Waals surface area contributed by atoms with E-state index in [2.05, 4.69) is 55.9 Å². The zero-order chi connectivity index (χ0) is 14.8. The SMILES string of the molecule is CCCn1nccc1C(C)(C)C1CCC(C)CC1NC. The maximum atomic E-state index is 4.53. The van der Waals surface area contributed by atoms with Gasteiger partial charge < -0.3 is 5.32 Å². The molecule has 3 atom stereocenters. The first kappa shape index (κ1) is 15.6. The van der Waals surface area contributed by atoms with Gasteiger partial charge in [0.1, 0.15) is 0 Å². The van der Waals surface area contributed by atoms with Crippen molar-refractivity contribution in [3.63, 3.8) is 0 Å². The minimum absolute atomic E-state index is 0.180. The van der Waals surface area contributed by atoms with Crippen LogP contribution in [0.1, 0.15) is 59.1 Å². The molecule has 0 radical (unpaired) electrons. The Labute approximate surface area is 124 Å². The molecule has 0 amide bonds. The molecule has 0 bridgehead atoms. The smallest absolute Gasteiger partial charge is 0.0492 e. The lowest BCUT2D eigenvalue weighted by Gasteiger charge is -2.44. The van der Waals surface area contributed by atoms with Crippen LogP contribution in [0.2, 0.25) is 0 Å². The summed E-state index contributed by atoms with van der Waals surface area (Å²) in [4.78, 5) is 0. The van der Waals surface area contributed by atoms with Crippen LogP contribution in [-0.2, 0) is 12.0 Å². The van der Waals surface area contributed by atoms with Crippen LogP contribution < -0.4 is 5.32 Å². The molecular weight excluding hydrogens is 246 g/mol. The molecule has 114 valence electrons. The topological polar surface area (TPSA) is 29.9 Å². The second kappa shape index (κ2) is 6.30. The van der Waals surface area contributed by atoms with Gasteiger partial charge in [0.25, 0.3) is 0 Å². The highest BCUT2D eigenvalue weighted by Crippen LogP contribution is 2.42. The van der Waals surface area contributed by atoms with Gasteiger partial charge >= 0.3 is 0 Å². The first-order valence-corrected chi connectivity index (χ1v) is 8.20. The van der Waals surface area contributed by atoms with Crippen molar-refractivity contribution in [3.05, 3.63) is 18.0 Å². The standard InChI is InChI=1S/C17H31N3/c1-6-11-20-16(9-10-19-20)17(3,4)14-8-7-13(2)12-15(14)18-5/h9-10,13-15,18H,6-8,11-12H2,1-5H3. The Morgan fingerprint density at radius 3 is 2.80 bits per heavy atom. The first-order chi connectivity index (χ1) is 9.50. The maximum Gasteiger partial charge on any atom is 0.0492 e. The Balaban J connectivity index is 2.25. The highest BCUT2D eigenvalue weighted by Gasteiger charge is 2.40. The van der Waals surface area contributed by atoms with Crippen LogP contribution in [0.25, 0.3) is 0 Å². The van der Waals surface area contributed by atoms with Gasteiger partial charge in [-0.15, -0.1) is 0 Å². The van der Waals surface area contributed by atoms with Crippen molar-refractivity contribution in [2.24, 2.45) is 11.8 Å². The van der Waals surface area contributed by atoms with E-state index in [1.807, 2.05) is 6.20 Å². The molecule has 1 aromatic heterocycles. The molecule has 1 aliphatic rings. The monoisotopic (exact) mass is 277 g/mol. The lowest BCUT2D eigenvalue weighted by molar-refractivity contribution is 0.145. The van der Waals surface area contributed by atoms with Gasteiger partial charge in [-0.1, -0.05) is 34.1 Å². The van der Waals surface area contributed by atoms with Gasteiger partial charge in [-0.05, 0) is 44.2 Å². The lowest BCUT2D eigenvalue weighted by Crippen LogP contribution is -2.48. The predicted molar refractivity (Wildman–Crippen MR) is 84.9 cm³/mol. The first-order valence-electron chi connectivity index (χ1n) is 8.20. The van der Waals surface area contributed by atoms with Gasteiger partial charge in [-0.3, -0.25) is 4.68 Å². The Kier molecular flexibility index (Phi) is 4.90. The van der Waals surface area contributed by atoms with Gasteiger partial charge in [0.15, 0.2) is 0 Å². The van der Waals surface area contributed by atoms with Crippen LogP contribution in [0.15, 0.2) is 12.3 Å². The van der Waals surface area contributed by atoms with Gasteiger partial charge in [-0.2, -0.15) is 5.10 Å². The molecule has 3 heteroatoms. The molecule has 3 nitrogen and oxygen atoms in total. The molecule has 1 aromatic rings. The summed E-state index contributed by atoms with van der Waals surface area (Å²) in [5, 5.41) is 8.10. The van der Waals surface area contributed by atoms with Crippen LogP contribution in [0.3, 0.4) is 0 Å². The number of rotatable bonds is 5. The van der Waals surface area contributed by atoms with E-state index in [4.69, 9.17) is 0 Å². The van der Waals surface area contributed by atoms with Crippen LogP contribution in [-0.4, -0.2) is 22.9 Å². The molecule has 3 unspecified atom stereocenters. The average Bonchev–Trinajstić information content (AvgIpc) is 2.87. The van der Waals surface area contributed by atoms with Gasteiger partial charge in [0.05, 0.1) is 0 Å². The normalized spacial score (nSPS) is 27.8. The summed E-state index contributed by atoms with van der Waals surface area (Å²) in [7, 11) is 2.12. The second-order valence-electron chi connectivity index (χ2n) is 7.08. The molecule has 0 aliphatic heterocycles. The van der Waals surface area contributed by atoms with E-state index in [9.17, 15) is 0 Å². The molecule has 2 rings (SSSR count). The summed E-state index contributed by atoms with van der Waals surface area (Å²) in [6.07, 6.45) is 7.08. The highest BCUT2D eigenvalue weighted by molar-refractivity contribution is 5.17. The van der Waals surface area contributed by atoms with Crippen molar-refractivity contribution in [2.45, 2.75) is 71.4 Å². The fourth-order valence-electron chi connectivity index (χ4n) is 4.02. The number of aromatic nitrogens is 2. The van der Waals surface area contributed by atoms with Crippen molar-refractivity contribution >= 4 is 0 Å². The molecule has 1 aliphatic carbocycles. The predicted octanol–water partition coefficient (Wildman–Crippen LogP) is 3.59. The van der Waals surface area contributed by atoms with E-state index < -0.39 is 0 Å². The van der Waals surface area contributed by atoms with Crippen molar-refractivity contribution in [3.8, 4) is 0 Å². The fraction of sp³-hybridized carbons (Fsp3) is 0.824. The Morgan fingerprint density at radius 1 is 1.40 bits per heavy atom. The van der Waals surface area contributed by atoms with Crippen LogP contribution in [0.5, 0.6) is 0 Å². The molecule has 0 aromatic carbocycles. The molecule has 1 fully saturated rings. The average molecular weight is 277 g/mol. The van der Waals surface area contributed by atoms with Crippen LogP contribution in [0, 0.1) is 11.8 Å². The van der Waals surface area contributed by atoms with E-state index in [1.54, 1.807) is 0 Å². The number of hydrogen-bond acceptors (Lipinski definition) is 2. The Hall–Kier alpha value is -0.830. The van der Waals surface area contributed by atoms with E-state index >= 15 is 0 Å². The van der Waals surface area contributed by atoms with Crippen molar-refractivity contribution in [2.75, 3.05) is 7.05 Å². The molecular formula is C17H31N3. The number of nitrogens with zero attached hydrogens (tertiary/aromatic N) is 2. The third-order valence-corrected chi connectivity index (χ3v) is 5.22. The summed E-state index contributed by atoms with van der Waals surface area (Å²) in [5.74, 6) is 1.54. The number of aryl methyl sites for hydroxylation is 1. The molecule has 1 heterocycles. The van der Waals surface area contributed by atoms with E-state index in [-0.39, 0.29) is 5.41 Å².